The second-order valence-corrected chi connectivity index (χ2v) is 7.94. The van der Waals surface area contributed by atoms with Crippen LogP contribution in [0.15, 0.2) is 29.2 Å². The fraction of sp³-hybridized carbons (Fsp3) is 0.588. The van der Waals surface area contributed by atoms with Gasteiger partial charge < -0.3 is 9.64 Å². The van der Waals surface area contributed by atoms with Gasteiger partial charge in [0.15, 0.2) is 11.1 Å². The van der Waals surface area contributed by atoms with Crippen LogP contribution in [0.4, 0.5) is 4.79 Å². The molecule has 2 rings (SSSR count). The van der Waals surface area contributed by atoms with E-state index in [0.717, 1.165) is 5.56 Å². The minimum absolute atomic E-state index is 0.101. The summed E-state index contributed by atoms with van der Waals surface area (Å²) >= 11 is -1.46. The molecule has 0 aliphatic carbocycles. The highest BCUT2D eigenvalue weighted by molar-refractivity contribution is 7.80. The zero-order valence-electron chi connectivity index (χ0n) is 14.2. The third-order valence-corrected chi connectivity index (χ3v) is 4.63. The van der Waals surface area contributed by atoms with Crippen LogP contribution in [0.3, 0.4) is 0 Å². The van der Waals surface area contributed by atoms with Gasteiger partial charge >= 0.3 is 6.09 Å². The molecule has 128 valence electrons. The minimum atomic E-state index is -1.46. The standard InChI is InChI=1S/C17H25NO4S/c1-13-5-7-15(8-6-13)23(20)22-14-9-11-18(12-10-14)16(19)21-17(2,3)4/h5-8,14H,9-12H2,1-4H3. The highest BCUT2D eigenvalue weighted by Gasteiger charge is 2.28. The van der Waals surface area contributed by atoms with E-state index in [1.165, 1.54) is 0 Å². The van der Waals surface area contributed by atoms with Gasteiger partial charge in [-0.25, -0.2) is 9.00 Å². The summed E-state index contributed by atoms with van der Waals surface area (Å²) in [5, 5.41) is 0. The maximum Gasteiger partial charge on any atom is 0.410 e. The molecule has 0 spiro atoms. The molecule has 0 saturated carbocycles. The van der Waals surface area contributed by atoms with Gasteiger partial charge in [-0.3, -0.25) is 4.18 Å². The molecule has 1 fully saturated rings. The first-order valence-electron chi connectivity index (χ1n) is 7.88. The monoisotopic (exact) mass is 339 g/mol. The Balaban J connectivity index is 1.81. The number of ether oxygens (including phenoxy) is 1. The van der Waals surface area contributed by atoms with Gasteiger partial charge in [-0.1, -0.05) is 17.7 Å². The Morgan fingerprint density at radius 3 is 2.26 bits per heavy atom. The lowest BCUT2D eigenvalue weighted by Crippen LogP contribution is -2.43. The van der Waals surface area contributed by atoms with E-state index < -0.39 is 16.7 Å². The second-order valence-electron chi connectivity index (χ2n) is 6.81. The van der Waals surface area contributed by atoms with E-state index in [9.17, 15) is 9.00 Å². The van der Waals surface area contributed by atoms with E-state index in [1.807, 2.05) is 52.0 Å². The molecule has 0 aromatic heterocycles. The van der Waals surface area contributed by atoms with Crippen molar-refractivity contribution >= 4 is 17.2 Å². The van der Waals surface area contributed by atoms with Gasteiger partial charge in [0, 0.05) is 13.1 Å². The van der Waals surface area contributed by atoms with Crippen LogP contribution >= 0.6 is 0 Å². The molecule has 1 heterocycles. The number of aryl methyl sites for hydroxylation is 1. The minimum Gasteiger partial charge on any atom is -0.444 e. The predicted molar refractivity (Wildman–Crippen MR) is 89.5 cm³/mol. The van der Waals surface area contributed by atoms with E-state index in [0.29, 0.717) is 30.8 Å². The molecular formula is C17H25NO4S. The lowest BCUT2D eigenvalue weighted by atomic mass is 10.1. The molecule has 1 atom stereocenters. The van der Waals surface area contributed by atoms with E-state index in [2.05, 4.69) is 0 Å². The average molecular weight is 339 g/mol. The van der Waals surface area contributed by atoms with Crippen molar-refractivity contribution < 1.29 is 17.9 Å². The average Bonchev–Trinajstić information content (AvgIpc) is 2.46. The van der Waals surface area contributed by atoms with E-state index in [4.69, 9.17) is 8.92 Å². The molecule has 1 saturated heterocycles. The number of carbonyl (C=O) groups excluding carboxylic acids is 1. The van der Waals surface area contributed by atoms with Gasteiger partial charge in [0.05, 0.1) is 11.0 Å². The summed E-state index contributed by atoms with van der Waals surface area (Å²) in [6, 6.07) is 7.48. The van der Waals surface area contributed by atoms with Crippen LogP contribution in [0.25, 0.3) is 0 Å². The summed E-state index contributed by atoms with van der Waals surface area (Å²) < 4.78 is 23.2. The molecule has 1 amide bonds. The van der Waals surface area contributed by atoms with Crippen molar-refractivity contribution in [2.24, 2.45) is 0 Å². The zero-order valence-corrected chi connectivity index (χ0v) is 15.0. The van der Waals surface area contributed by atoms with Gasteiger partial charge in [0.2, 0.25) is 0 Å². The molecule has 1 unspecified atom stereocenters. The molecule has 1 aliphatic heterocycles. The Bertz CT molecular complexity index is 557. The molecule has 0 N–H and O–H groups in total. The first-order valence-corrected chi connectivity index (χ1v) is 8.95. The first-order chi connectivity index (χ1) is 10.7. The van der Waals surface area contributed by atoms with Crippen LogP contribution in [0.5, 0.6) is 0 Å². The van der Waals surface area contributed by atoms with Crippen LogP contribution in [-0.4, -0.2) is 40.0 Å². The topological polar surface area (TPSA) is 55.8 Å². The van der Waals surface area contributed by atoms with Gasteiger partial charge in [-0.05, 0) is 52.7 Å². The second kappa shape index (κ2) is 7.45. The summed E-state index contributed by atoms with van der Waals surface area (Å²) in [6.45, 7) is 8.66. The highest BCUT2D eigenvalue weighted by atomic mass is 32.2. The largest absolute Gasteiger partial charge is 0.444 e. The summed E-state index contributed by atoms with van der Waals surface area (Å²) in [7, 11) is 0. The Morgan fingerprint density at radius 1 is 1.17 bits per heavy atom. The molecule has 0 bridgehead atoms. The third kappa shape index (κ3) is 5.62. The molecule has 5 nitrogen and oxygen atoms in total. The summed E-state index contributed by atoms with van der Waals surface area (Å²) in [5.74, 6) is 0. The van der Waals surface area contributed by atoms with Gasteiger partial charge in [-0.2, -0.15) is 0 Å². The number of nitrogens with zero attached hydrogens (tertiary/aromatic N) is 1. The molecule has 6 heteroatoms. The normalized spacial score (nSPS) is 17.8. The summed E-state index contributed by atoms with van der Waals surface area (Å²) in [5.41, 5.74) is 0.633. The number of hydrogen-bond acceptors (Lipinski definition) is 4. The molecule has 1 aliphatic rings. The Hall–Kier alpha value is -1.40. The Morgan fingerprint density at radius 2 is 1.74 bits per heavy atom. The number of rotatable bonds is 3. The van der Waals surface area contributed by atoms with E-state index >= 15 is 0 Å². The third-order valence-electron chi connectivity index (χ3n) is 3.53. The number of hydrogen-bond donors (Lipinski definition) is 0. The Kier molecular flexibility index (Phi) is 5.81. The van der Waals surface area contributed by atoms with Gasteiger partial charge in [-0.15, -0.1) is 0 Å². The van der Waals surface area contributed by atoms with Crippen LogP contribution in [0.2, 0.25) is 0 Å². The summed E-state index contributed by atoms with van der Waals surface area (Å²) in [4.78, 5) is 14.4. The van der Waals surface area contributed by atoms with Crippen molar-refractivity contribution in [3.63, 3.8) is 0 Å². The number of benzene rings is 1. The van der Waals surface area contributed by atoms with Crippen LogP contribution in [0.1, 0.15) is 39.2 Å². The van der Waals surface area contributed by atoms with Crippen LogP contribution in [-0.2, 0) is 20.0 Å². The SMILES string of the molecule is Cc1ccc(S(=O)OC2CCN(C(=O)OC(C)(C)C)CC2)cc1. The summed E-state index contributed by atoms with van der Waals surface area (Å²) in [6.07, 6.45) is 0.930. The van der Waals surface area contributed by atoms with Crippen molar-refractivity contribution in [1.82, 2.24) is 4.90 Å². The fourth-order valence-corrected chi connectivity index (χ4v) is 3.20. The van der Waals surface area contributed by atoms with Crippen molar-refractivity contribution in [3.05, 3.63) is 29.8 Å². The molecular weight excluding hydrogens is 314 g/mol. The number of piperidine rings is 1. The zero-order chi connectivity index (χ0) is 17.0. The quantitative estimate of drug-likeness (QED) is 0.846. The molecule has 1 aromatic rings. The fourth-order valence-electron chi connectivity index (χ4n) is 2.29. The first kappa shape index (κ1) is 17.9. The van der Waals surface area contributed by atoms with Crippen LogP contribution in [0, 0.1) is 6.92 Å². The number of carbonyl (C=O) groups is 1. The molecule has 1 aromatic carbocycles. The van der Waals surface area contributed by atoms with Crippen molar-refractivity contribution in [2.45, 2.75) is 57.1 Å². The lowest BCUT2D eigenvalue weighted by Gasteiger charge is -2.32. The molecule has 0 radical (unpaired) electrons. The lowest BCUT2D eigenvalue weighted by molar-refractivity contribution is 0.0138. The van der Waals surface area contributed by atoms with Crippen molar-refractivity contribution in [2.75, 3.05) is 13.1 Å². The number of amides is 1. The van der Waals surface area contributed by atoms with Gasteiger partial charge in [0.1, 0.15) is 5.60 Å². The maximum absolute atomic E-state index is 12.2. The smallest absolute Gasteiger partial charge is 0.410 e. The number of likely N-dealkylation sites (tertiary alicyclic amines) is 1. The molecule has 23 heavy (non-hydrogen) atoms. The maximum atomic E-state index is 12.2. The highest BCUT2D eigenvalue weighted by Crippen LogP contribution is 2.20. The van der Waals surface area contributed by atoms with Crippen molar-refractivity contribution in [3.8, 4) is 0 Å². The van der Waals surface area contributed by atoms with E-state index in [1.54, 1.807) is 4.90 Å². The van der Waals surface area contributed by atoms with Gasteiger partial charge in [0.25, 0.3) is 0 Å². The van der Waals surface area contributed by atoms with E-state index in [-0.39, 0.29) is 12.2 Å². The van der Waals surface area contributed by atoms with Crippen LogP contribution < -0.4 is 0 Å². The predicted octanol–water partition coefficient (Wildman–Crippen LogP) is 3.43. The Labute approximate surface area is 140 Å². The van der Waals surface area contributed by atoms with Crippen molar-refractivity contribution in [1.29, 1.82) is 0 Å².